The van der Waals surface area contributed by atoms with Gasteiger partial charge in [0, 0.05) is 5.41 Å². The second-order valence-electron chi connectivity index (χ2n) is 6.76. The Morgan fingerprint density at radius 2 is 1.59 bits per heavy atom. The molecule has 0 radical (unpaired) electrons. The van der Waals surface area contributed by atoms with Gasteiger partial charge in [0.25, 0.3) is 0 Å². The molecule has 1 heterocycles. The first-order valence-corrected chi connectivity index (χ1v) is 7.00. The number of hydrogen-bond acceptors (Lipinski definition) is 3. The fourth-order valence-corrected chi connectivity index (χ4v) is 5.28. The highest BCUT2D eigenvalue weighted by Gasteiger charge is 2.56. The predicted octanol–water partition coefficient (Wildman–Crippen LogP) is 2.14. The Hall–Kier alpha value is -0.410. The van der Waals surface area contributed by atoms with Gasteiger partial charge in [-0.25, -0.2) is 0 Å². The average Bonchev–Trinajstić information content (AvgIpc) is 2.76. The van der Waals surface area contributed by atoms with Gasteiger partial charge in [0.05, 0.1) is 6.61 Å². The van der Waals surface area contributed by atoms with Gasteiger partial charge in [0.15, 0.2) is 12.6 Å². The number of hydrogen-bond donors (Lipinski definition) is 0. The molecule has 4 aliphatic carbocycles. The van der Waals surface area contributed by atoms with Gasteiger partial charge in [-0.05, 0) is 56.3 Å². The molecule has 4 bridgehead atoms. The molecule has 94 valence electrons. The highest BCUT2D eigenvalue weighted by atomic mass is 16.7. The van der Waals surface area contributed by atoms with E-state index in [2.05, 4.69) is 0 Å². The minimum Gasteiger partial charge on any atom is -0.349 e. The molecule has 0 spiro atoms. The molecule has 4 saturated carbocycles. The molecular weight excluding hydrogens is 216 g/mol. The van der Waals surface area contributed by atoms with Crippen LogP contribution in [0.5, 0.6) is 0 Å². The Morgan fingerprint density at radius 1 is 1.00 bits per heavy atom. The minimum absolute atomic E-state index is 0.0916. The summed E-state index contributed by atoms with van der Waals surface area (Å²) in [7, 11) is 0. The van der Waals surface area contributed by atoms with E-state index in [9.17, 15) is 4.79 Å². The normalized spacial score (nSPS) is 56.4. The van der Waals surface area contributed by atoms with Crippen LogP contribution in [-0.4, -0.2) is 25.3 Å². The van der Waals surface area contributed by atoms with Gasteiger partial charge >= 0.3 is 0 Å². The molecule has 3 heteroatoms. The second-order valence-corrected chi connectivity index (χ2v) is 6.76. The Labute approximate surface area is 102 Å². The van der Waals surface area contributed by atoms with Crippen molar-refractivity contribution < 1.29 is 14.3 Å². The van der Waals surface area contributed by atoms with E-state index in [0.29, 0.717) is 6.61 Å². The fourth-order valence-electron chi connectivity index (χ4n) is 5.28. The zero-order valence-electron chi connectivity index (χ0n) is 10.1. The van der Waals surface area contributed by atoms with Crippen molar-refractivity contribution in [2.75, 3.05) is 6.61 Å². The Kier molecular flexibility index (Phi) is 2.19. The fraction of sp³-hybridized carbons (Fsp3) is 0.929. The van der Waals surface area contributed by atoms with Crippen LogP contribution in [-0.2, 0) is 14.3 Å². The van der Waals surface area contributed by atoms with Crippen LogP contribution < -0.4 is 0 Å². The Balaban J connectivity index is 1.58. The number of rotatable bonds is 2. The first kappa shape index (κ1) is 10.5. The summed E-state index contributed by atoms with van der Waals surface area (Å²) in [5.74, 6) is 2.72. The molecule has 17 heavy (non-hydrogen) atoms. The van der Waals surface area contributed by atoms with Gasteiger partial charge < -0.3 is 14.3 Å². The quantitative estimate of drug-likeness (QED) is 0.689. The van der Waals surface area contributed by atoms with Crippen molar-refractivity contribution in [3.8, 4) is 0 Å². The van der Waals surface area contributed by atoms with Crippen LogP contribution in [0.4, 0.5) is 0 Å². The van der Waals surface area contributed by atoms with Gasteiger partial charge in [0.2, 0.25) is 0 Å². The summed E-state index contributed by atoms with van der Waals surface area (Å²) in [6, 6.07) is 0. The van der Waals surface area contributed by atoms with Crippen LogP contribution in [0.2, 0.25) is 0 Å². The van der Waals surface area contributed by atoms with Crippen LogP contribution in [0.25, 0.3) is 0 Å². The summed E-state index contributed by atoms with van der Waals surface area (Å²) in [5.41, 5.74) is 0.256. The molecule has 0 amide bonds. The van der Waals surface area contributed by atoms with Crippen LogP contribution in [0.3, 0.4) is 0 Å². The third-order valence-corrected chi connectivity index (χ3v) is 5.45. The third kappa shape index (κ3) is 1.52. The zero-order valence-corrected chi connectivity index (χ0v) is 10.1. The van der Waals surface area contributed by atoms with E-state index < -0.39 is 0 Å². The van der Waals surface area contributed by atoms with E-state index in [-0.39, 0.29) is 17.8 Å². The molecule has 5 rings (SSSR count). The van der Waals surface area contributed by atoms with Gasteiger partial charge in [-0.2, -0.15) is 0 Å². The van der Waals surface area contributed by atoms with Crippen LogP contribution in [0.15, 0.2) is 0 Å². The van der Waals surface area contributed by atoms with Crippen molar-refractivity contribution >= 4 is 6.29 Å². The van der Waals surface area contributed by atoms with E-state index in [4.69, 9.17) is 9.47 Å². The Bertz CT molecular complexity index is 303. The average molecular weight is 236 g/mol. The van der Waals surface area contributed by atoms with Crippen molar-refractivity contribution in [2.45, 2.75) is 50.9 Å². The molecule has 5 aliphatic rings. The SMILES string of the molecule is O=CC1COC(C23CC4CC(CC(C4)C2)C3)O1. The molecule has 1 saturated heterocycles. The number of carbonyl (C=O) groups is 1. The highest BCUT2D eigenvalue weighted by Crippen LogP contribution is 2.62. The highest BCUT2D eigenvalue weighted by molar-refractivity contribution is 5.56. The van der Waals surface area contributed by atoms with Crippen molar-refractivity contribution in [1.82, 2.24) is 0 Å². The predicted molar refractivity (Wildman–Crippen MR) is 61.3 cm³/mol. The molecule has 3 nitrogen and oxygen atoms in total. The number of carbonyl (C=O) groups excluding carboxylic acids is 1. The van der Waals surface area contributed by atoms with Crippen molar-refractivity contribution in [3.05, 3.63) is 0 Å². The van der Waals surface area contributed by atoms with E-state index in [1.54, 1.807) is 0 Å². The lowest BCUT2D eigenvalue weighted by Crippen LogP contribution is -2.52. The summed E-state index contributed by atoms with van der Waals surface area (Å²) in [6.45, 7) is 0.468. The van der Waals surface area contributed by atoms with Crippen molar-refractivity contribution in [2.24, 2.45) is 23.2 Å². The molecule has 0 N–H and O–H groups in total. The van der Waals surface area contributed by atoms with E-state index in [1.807, 2.05) is 0 Å². The third-order valence-electron chi connectivity index (χ3n) is 5.45. The first-order chi connectivity index (χ1) is 8.27. The lowest BCUT2D eigenvalue weighted by atomic mass is 9.49. The van der Waals surface area contributed by atoms with E-state index in [0.717, 1.165) is 24.0 Å². The topological polar surface area (TPSA) is 35.5 Å². The zero-order chi connectivity index (χ0) is 11.5. The van der Waals surface area contributed by atoms with Gasteiger partial charge in [-0.15, -0.1) is 0 Å². The number of ether oxygens (including phenoxy) is 2. The molecule has 2 unspecified atom stereocenters. The molecule has 1 aliphatic heterocycles. The largest absolute Gasteiger partial charge is 0.349 e. The second kappa shape index (κ2) is 3.55. The molecule has 5 fully saturated rings. The van der Waals surface area contributed by atoms with Crippen molar-refractivity contribution in [3.63, 3.8) is 0 Å². The maximum Gasteiger partial charge on any atom is 0.164 e. The molecule has 0 aromatic heterocycles. The molecule has 0 aromatic carbocycles. The molecule has 2 atom stereocenters. The standard InChI is InChI=1S/C14H20O3/c15-7-12-8-16-13(17-12)14-4-9-1-10(5-14)3-11(2-9)6-14/h7,9-13H,1-6,8H2. The molecule has 0 aromatic rings. The summed E-state index contributed by atoms with van der Waals surface area (Å²) in [6.07, 6.45) is 8.61. The summed E-state index contributed by atoms with van der Waals surface area (Å²) >= 11 is 0. The van der Waals surface area contributed by atoms with Crippen LogP contribution in [0.1, 0.15) is 38.5 Å². The van der Waals surface area contributed by atoms with E-state index in [1.165, 1.54) is 38.5 Å². The monoisotopic (exact) mass is 236 g/mol. The summed E-state index contributed by atoms with van der Waals surface area (Å²) < 4.78 is 11.6. The first-order valence-electron chi connectivity index (χ1n) is 7.00. The summed E-state index contributed by atoms with van der Waals surface area (Å²) in [4.78, 5) is 10.8. The van der Waals surface area contributed by atoms with Crippen LogP contribution in [0, 0.1) is 23.2 Å². The minimum atomic E-state index is -0.312. The van der Waals surface area contributed by atoms with Gasteiger partial charge in [-0.3, -0.25) is 0 Å². The van der Waals surface area contributed by atoms with E-state index >= 15 is 0 Å². The van der Waals surface area contributed by atoms with Gasteiger partial charge in [-0.1, -0.05) is 0 Å². The Morgan fingerprint density at radius 3 is 2.06 bits per heavy atom. The maximum atomic E-state index is 10.8. The van der Waals surface area contributed by atoms with Crippen molar-refractivity contribution in [1.29, 1.82) is 0 Å². The number of aldehydes is 1. The molecular formula is C14H20O3. The lowest BCUT2D eigenvalue weighted by Gasteiger charge is -2.57. The maximum absolute atomic E-state index is 10.8. The lowest BCUT2D eigenvalue weighted by molar-refractivity contribution is -0.205. The summed E-state index contributed by atoms with van der Waals surface area (Å²) in [5, 5.41) is 0. The smallest absolute Gasteiger partial charge is 0.164 e. The van der Waals surface area contributed by atoms with Gasteiger partial charge in [0.1, 0.15) is 6.10 Å². The van der Waals surface area contributed by atoms with Crippen LogP contribution >= 0.6 is 0 Å².